The Bertz CT molecular complexity index is 341. The van der Waals surface area contributed by atoms with E-state index < -0.39 is 0 Å². The first-order valence-corrected chi connectivity index (χ1v) is 8.25. The van der Waals surface area contributed by atoms with Crippen molar-refractivity contribution in [3.05, 3.63) is 35.4 Å². The summed E-state index contributed by atoms with van der Waals surface area (Å²) in [6.07, 6.45) is 6.31. The monoisotopic (exact) mass is 276 g/mol. The molecule has 0 fully saturated rings. The van der Waals surface area contributed by atoms with Crippen LogP contribution in [0, 0.1) is 0 Å². The van der Waals surface area contributed by atoms with Crippen LogP contribution in [-0.4, -0.2) is 31.6 Å². The Morgan fingerprint density at radius 1 is 0.950 bits per heavy atom. The maximum atomic E-state index is 3.25. The molecule has 0 aliphatic carbocycles. The molecule has 114 valence electrons. The third-order valence-corrected chi connectivity index (χ3v) is 3.81. The van der Waals surface area contributed by atoms with E-state index in [2.05, 4.69) is 48.3 Å². The highest BCUT2D eigenvalue weighted by atomic mass is 15.1. The second-order valence-corrected chi connectivity index (χ2v) is 5.61. The summed E-state index contributed by atoms with van der Waals surface area (Å²) in [5.74, 6) is 0. The van der Waals surface area contributed by atoms with E-state index >= 15 is 0 Å². The first-order chi connectivity index (χ1) is 9.81. The van der Waals surface area contributed by atoms with Gasteiger partial charge in [0.05, 0.1) is 0 Å². The van der Waals surface area contributed by atoms with Gasteiger partial charge in [0.2, 0.25) is 0 Å². The summed E-state index contributed by atoms with van der Waals surface area (Å²) in [7, 11) is 2.03. The van der Waals surface area contributed by atoms with Crippen molar-refractivity contribution in [3.8, 4) is 0 Å². The van der Waals surface area contributed by atoms with E-state index in [1.807, 2.05) is 7.05 Å². The molecule has 0 atom stereocenters. The summed E-state index contributed by atoms with van der Waals surface area (Å²) < 4.78 is 0. The van der Waals surface area contributed by atoms with Crippen LogP contribution < -0.4 is 5.32 Å². The summed E-state index contributed by atoms with van der Waals surface area (Å²) in [6.45, 7) is 9.19. The van der Waals surface area contributed by atoms with Crippen LogP contribution in [-0.2, 0) is 13.0 Å². The number of hydrogen-bond donors (Lipinski definition) is 1. The van der Waals surface area contributed by atoms with E-state index in [1.165, 1.54) is 49.9 Å². The van der Waals surface area contributed by atoms with E-state index in [-0.39, 0.29) is 0 Å². The van der Waals surface area contributed by atoms with E-state index in [0.717, 1.165) is 19.5 Å². The topological polar surface area (TPSA) is 15.3 Å². The molecule has 2 nitrogen and oxygen atoms in total. The van der Waals surface area contributed by atoms with Crippen LogP contribution in [0.4, 0.5) is 0 Å². The van der Waals surface area contributed by atoms with Crippen LogP contribution in [0.15, 0.2) is 24.3 Å². The highest BCUT2D eigenvalue weighted by Gasteiger charge is 2.08. The van der Waals surface area contributed by atoms with E-state index in [1.54, 1.807) is 0 Å². The van der Waals surface area contributed by atoms with Gasteiger partial charge in [-0.2, -0.15) is 0 Å². The maximum absolute atomic E-state index is 3.25. The zero-order valence-corrected chi connectivity index (χ0v) is 13.6. The quantitative estimate of drug-likeness (QED) is 0.660. The molecule has 0 saturated heterocycles. The predicted octanol–water partition coefficient (Wildman–Crippen LogP) is 3.85. The second kappa shape index (κ2) is 10.9. The Morgan fingerprint density at radius 3 is 2.10 bits per heavy atom. The molecule has 0 aromatic heterocycles. The molecule has 1 aromatic rings. The molecule has 20 heavy (non-hydrogen) atoms. The van der Waals surface area contributed by atoms with Crippen molar-refractivity contribution in [1.82, 2.24) is 10.2 Å². The summed E-state index contributed by atoms with van der Waals surface area (Å²) in [5, 5.41) is 3.25. The number of nitrogens with one attached hydrogen (secondary N) is 1. The lowest BCUT2D eigenvalue weighted by molar-refractivity contribution is 0.256. The molecule has 0 bridgehead atoms. The molecule has 0 radical (unpaired) electrons. The van der Waals surface area contributed by atoms with Gasteiger partial charge >= 0.3 is 0 Å². The van der Waals surface area contributed by atoms with Gasteiger partial charge < -0.3 is 5.32 Å². The average molecular weight is 276 g/mol. The van der Waals surface area contributed by atoms with Crippen molar-refractivity contribution in [2.75, 3.05) is 26.7 Å². The van der Waals surface area contributed by atoms with Crippen molar-refractivity contribution in [3.63, 3.8) is 0 Å². The van der Waals surface area contributed by atoms with Crippen LogP contribution in [0.1, 0.15) is 50.7 Å². The summed E-state index contributed by atoms with van der Waals surface area (Å²) >= 11 is 0. The Labute approximate surface area is 125 Å². The van der Waals surface area contributed by atoms with E-state index in [9.17, 15) is 0 Å². The lowest BCUT2D eigenvalue weighted by atomic mass is 10.0. The van der Waals surface area contributed by atoms with Crippen LogP contribution in [0.5, 0.6) is 0 Å². The molecule has 1 N–H and O–H groups in total. The molecule has 0 amide bonds. The van der Waals surface area contributed by atoms with Crippen molar-refractivity contribution in [2.45, 2.75) is 52.5 Å². The number of nitrogens with zero attached hydrogens (tertiary/aromatic N) is 1. The highest BCUT2D eigenvalue weighted by Crippen LogP contribution is 2.13. The fraction of sp³-hybridized carbons (Fsp3) is 0.667. The molecule has 0 aliphatic rings. The predicted molar refractivity (Wildman–Crippen MR) is 89.2 cm³/mol. The van der Waals surface area contributed by atoms with Crippen LogP contribution >= 0.6 is 0 Å². The summed E-state index contributed by atoms with van der Waals surface area (Å²) in [4.78, 5) is 2.63. The molecule has 2 heteroatoms. The van der Waals surface area contributed by atoms with Gasteiger partial charge in [0, 0.05) is 6.54 Å². The molecule has 1 aromatic carbocycles. The molecular formula is C18H32N2. The van der Waals surface area contributed by atoms with Crippen LogP contribution in [0.3, 0.4) is 0 Å². The molecular weight excluding hydrogens is 244 g/mol. The number of hydrogen-bond acceptors (Lipinski definition) is 2. The average Bonchev–Trinajstić information content (AvgIpc) is 2.49. The van der Waals surface area contributed by atoms with Crippen LogP contribution in [0.2, 0.25) is 0 Å². The van der Waals surface area contributed by atoms with E-state index in [4.69, 9.17) is 0 Å². The Morgan fingerprint density at radius 2 is 1.55 bits per heavy atom. The van der Waals surface area contributed by atoms with Gasteiger partial charge in [-0.15, -0.1) is 0 Å². The van der Waals surface area contributed by atoms with Gasteiger partial charge in [0.1, 0.15) is 0 Å². The van der Waals surface area contributed by atoms with Crippen LogP contribution in [0.25, 0.3) is 0 Å². The maximum Gasteiger partial charge on any atom is 0.0236 e. The smallest absolute Gasteiger partial charge is 0.0236 e. The summed E-state index contributed by atoms with van der Waals surface area (Å²) in [6, 6.07) is 8.92. The van der Waals surface area contributed by atoms with Crippen molar-refractivity contribution in [2.24, 2.45) is 0 Å². The SMILES string of the molecule is CCCCN(CCCC)Cc1ccccc1CCNC. The molecule has 0 heterocycles. The number of benzene rings is 1. The lowest BCUT2D eigenvalue weighted by Crippen LogP contribution is -2.26. The van der Waals surface area contributed by atoms with Crippen molar-refractivity contribution < 1.29 is 0 Å². The minimum absolute atomic E-state index is 1.06. The fourth-order valence-corrected chi connectivity index (χ4v) is 2.49. The molecule has 0 unspecified atom stereocenters. The minimum atomic E-state index is 1.06. The van der Waals surface area contributed by atoms with Gasteiger partial charge in [-0.05, 0) is 57.1 Å². The Hall–Kier alpha value is -0.860. The largest absolute Gasteiger partial charge is 0.319 e. The normalized spacial score (nSPS) is 11.2. The van der Waals surface area contributed by atoms with Gasteiger partial charge in [-0.3, -0.25) is 4.90 Å². The molecule has 0 aliphatic heterocycles. The highest BCUT2D eigenvalue weighted by molar-refractivity contribution is 5.27. The summed E-state index contributed by atoms with van der Waals surface area (Å²) in [5.41, 5.74) is 3.01. The van der Waals surface area contributed by atoms with Gasteiger partial charge in [0.25, 0.3) is 0 Å². The van der Waals surface area contributed by atoms with Gasteiger partial charge in [-0.1, -0.05) is 51.0 Å². The minimum Gasteiger partial charge on any atom is -0.319 e. The third kappa shape index (κ3) is 6.53. The first kappa shape index (κ1) is 17.2. The number of rotatable bonds is 11. The molecule has 0 saturated carbocycles. The fourth-order valence-electron chi connectivity index (χ4n) is 2.49. The number of unbranched alkanes of at least 4 members (excludes halogenated alkanes) is 2. The lowest BCUT2D eigenvalue weighted by Gasteiger charge is -2.23. The Kier molecular flexibility index (Phi) is 9.35. The zero-order chi connectivity index (χ0) is 14.6. The standard InChI is InChI=1S/C18H32N2/c1-4-6-14-20(15-7-5-2)16-18-11-9-8-10-17(18)12-13-19-3/h8-11,19H,4-7,12-16H2,1-3H3. The van der Waals surface area contributed by atoms with Crippen molar-refractivity contribution >= 4 is 0 Å². The second-order valence-electron chi connectivity index (χ2n) is 5.61. The third-order valence-electron chi connectivity index (χ3n) is 3.81. The molecule has 0 spiro atoms. The molecule has 1 rings (SSSR count). The van der Waals surface area contributed by atoms with Crippen molar-refractivity contribution in [1.29, 1.82) is 0 Å². The number of likely N-dealkylation sites (N-methyl/N-ethyl adjacent to an activating group) is 1. The van der Waals surface area contributed by atoms with Gasteiger partial charge in [-0.25, -0.2) is 0 Å². The first-order valence-electron chi connectivity index (χ1n) is 8.25. The Balaban J connectivity index is 2.65. The van der Waals surface area contributed by atoms with Gasteiger partial charge in [0.15, 0.2) is 0 Å². The van der Waals surface area contributed by atoms with E-state index in [0.29, 0.717) is 0 Å². The zero-order valence-electron chi connectivity index (χ0n) is 13.6.